The van der Waals surface area contributed by atoms with E-state index in [0.29, 0.717) is 22.5 Å². The summed E-state index contributed by atoms with van der Waals surface area (Å²) in [5.41, 5.74) is 2.41. The summed E-state index contributed by atoms with van der Waals surface area (Å²) in [5, 5.41) is 3.24. The van der Waals surface area contributed by atoms with Crippen molar-refractivity contribution in [3.63, 3.8) is 0 Å². The Kier molecular flexibility index (Phi) is 5.38. The second kappa shape index (κ2) is 7.70. The molecule has 2 aromatic rings. The Morgan fingerprint density at radius 2 is 2.00 bits per heavy atom. The molecule has 0 radical (unpaired) electrons. The number of aromatic nitrogens is 2. The second-order valence-corrected chi connectivity index (χ2v) is 6.57. The van der Waals surface area contributed by atoms with Crippen LogP contribution in [0.15, 0.2) is 24.3 Å². The highest BCUT2D eigenvalue weighted by atomic mass is 35.5. The van der Waals surface area contributed by atoms with Crippen molar-refractivity contribution in [1.82, 2.24) is 9.97 Å². The lowest BCUT2D eigenvalue weighted by molar-refractivity contribution is -0.118. The monoisotopic (exact) mass is 360 g/mol. The first-order valence-corrected chi connectivity index (χ1v) is 8.68. The number of carbonyl (C=O) groups is 1. The molecule has 0 atom stereocenters. The predicted octanol–water partition coefficient (Wildman–Crippen LogP) is 3.36. The summed E-state index contributed by atoms with van der Waals surface area (Å²) in [6.07, 6.45) is 2.29. The van der Waals surface area contributed by atoms with Gasteiger partial charge in [-0.2, -0.15) is 4.98 Å². The van der Waals surface area contributed by atoms with Crippen molar-refractivity contribution in [3.8, 4) is 5.88 Å². The van der Waals surface area contributed by atoms with Gasteiger partial charge in [0.05, 0.1) is 10.7 Å². The maximum absolute atomic E-state index is 12.1. The number of hydrogen-bond acceptors (Lipinski definition) is 5. The minimum Gasteiger partial charge on any atom is -0.467 e. The third-order valence-corrected chi connectivity index (χ3v) is 4.27. The highest BCUT2D eigenvalue weighted by Crippen LogP contribution is 2.23. The van der Waals surface area contributed by atoms with Gasteiger partial charge in [0.25, 0.3) is 5.91 Å². The Balaban J connectivity index is 1.61. The van der Waals surface area contributed by atoms with E-state index < -0.39 is 0 Å². The van der Waals surface area contributed by atoms with Crippen molar-refractivity contribution < 1.29 is 9.53 Å². The summed E-state index contributed by atoms with van der Waals surface area (Å²) in [6, 6.07) is 7.19. The molecule has 1 saturated heterocycles. The Bertz CT molecular complexity index is 776. The van der Waals surface area contributed by atoms with Crippen LogP contribution < -0.4 is 15.0 Å². The fraction of sp³-hybridized carbons (Fsp3) is 0.389. The van der Waals surface area contributed by atoms with Crippen LogP contribution in [0.25, 0.3) is 0 Å². The van der Waals surface area contributed by atoms with Crippen LogP contribution in [0.4, 0.5) is 11.6 Å². The number of aryl methyl sites for hydroxylation is 2. The molecule has 1 aliphatic heterocycles. The van der Waals surface area contributed by atoms with Gasteiger partial charge in [0.2, 0.25) is 11.8 Å². The second-order valence-electron chi connectivity index (χ2n) is 6.16. The molecule has 1 amide bonds. The third kappa shape index (κ3) is 4.60. The lowest BCUT2D eigenvalue weighted by Gasteiger charge is -2.16. The van der Waals surface area contributed by atoms with Crippen LogP contribution >= 0.6 is 11.6 Å². The van der Waals surface area contributed by atoms with Crippen molar-refractivity contribution >= 4 is 29.1 Å². The van der Waals surface area contributed by atoms with Crippen LogP contribution in [-0.2, 0) is 4.79 Å². The predicted molar refractivity (Wildman–Crippen MR) is 98.5 cm³/mol. The Morgan fingerprint density at radius 3 is 2.72 bits per heavy atom. The number of carbonyl (C=O) groups excluding carboxylic acids is 1. The molecule has 0 aliphatic carbocycles. The molecule has 0 spiro atoms. The van der Waals surface area contributed by atoms with Crippen molar-refractivity contribution in [2.45, 2.75) is 26.7 Å². The molecule has 1 N–H and O–H groups in total. The standard InChI is InChI=1S/C18H21ClN4O2/c1-12-5-6-15(14(19)9-12)21-16(24)11-25-17-10-13(2)20-18(22-17)23-7-3-4-8-23/h5-6,9-10H,3-4,7-8,11H2,1-2H3,(H,21,24). The summed E-state index contributed by atoms with van der Waals surface area (Å²) >= 11 is 6.12. The number of ether oxygens (including phenoxy) is 1. The van der Waals surface area contributed by atoms with Crippen molar-refractivity contribution in [2.24, 2.45) is 0 Å². The van der Waals surface area contributed by atoms with Gasteiger partial charge in [0.1, 0.15) is 0 Å². The van der Waals surface area contributed by atoms with E-state index in [1.165, 1.54) is 0 Å². The minimum atomic E-state index is -0.287. The highest BCUT2D eigenvalue weighted by Gasteiger charge is 2.16. The molecule has 1 fully saturated rings. The molecule has 1 aromatic carbocycles. The maximum atomic E-state index is 12.1. The van der Waals surface area contributed by atoms with E-state index in [1.807, 2.05) is 19.9 Å². The van der Waals surface area contributed by atoms with Crippen LogP contribution in [0.2, 0.25) is 5.02 Å². The van der Waals surface area contributed by atoms with Gasteiger partial charge in [-0.3, -0.25) is 4.79 Å². The van der Waals surface area contributed by atoms with Gasteiger partial charge in [0.15, 0.2) is 6.61 Å². The van der Waals surface area contributed by atoms with Gasteiger partial charge in [-0.05, 0) is 44.4 Å². The van der Waals surface area contributed by atoms with Gasteiger partial charge >= 0.3 is 0 Å². The third-order valence-electron chi connectivity index (χ3n) is 3.96. The van der Waals surface area contributed by atoms with E-state index in [0.717, 1.165) is 37.2 Å². The SMILES string of the molecule is Cc1ccc(NC(=O)COc2cc(C)nc(N3CCCC3)n2)c(Cl)c1. The number of anilines is 2. The molecule has 7 heteroatoms. The number of hydrogen-bond donors (Lipinski definition) is 1. The Hall–Kier alpha value is -2.34. The van der Waals surface area contributed by atoms with Crippen LogP contribution in [0.3, 0.4) is 0 Å². The number of halogens is 1. The average molecular weight is 361 g/mol. The van der Waals surface area contributed by atoms with Crippen molar-refractivity contribution in [3.05, 3.63) is 40.5 Å². The maximum Gasteiger partial charge on any atom is 0.262 e. The molecule has 0 saturated carbocycles. The van der Waals surface area contributed by atoms with Crippen LogP contribution in [0.1, 0.15) is 24.1 Å². The highest BCUT2D eigenvalue weighted by molar-refractivity contribution is 6.33. The first-order valence-electron chi connectivity index (χ1n) is 8.31. The molecule has 0 bridgehead atoms. The lowest BCUT2D eigenvalue weighted by atomic mass is 10.2. The molecular formula is C18H21ClN4O2. The summed E-state index contributed by atoms with van der Waals surface area (Å²) in [5.74, 6) is 0.777. The van der Waals surface area contributed by atoms with Crippen LogP contribution in [-0.4, -0.2) is 35.6 Å². The van der Waals surface area contributed by atoms with Gasteiger partial charge in [0, 0.05) is 24.8 Å². The van der Waals surface area contributed by atoms with Gasteiger partial charge in [-0.25, -0.2) is 4.98 Å². The summed E-state index contributed by atoms with van der Waals surface area (Å²) in [7, 11) is 0. The number of benzene rings is 1. The number of rotatable bonds is 5. The van der Waals surface area contributed by atoms with E-state index in [9.17, 15) is 4.79 Å². The largest absolute Gasteiger partial charge is 0.467 e. The molecule has 1 aromatic heterocycles. The van der Waals surface area contributed by atoms with E-state index >= 15 is 0 Å². The average Bonchev–Trinajstić information content (AvgIpc) is 3.10. The zero-order chi connectivity index (χ0) is 17.8. The van der Waals surface area contributed by atoms with E-state index in [1.54, 1.807) is 18.2 Å². The quantitative estimate of drug-likeness (QED) is 0.885. The smallest absolute Gasteiger partial charge is 0.262 e. The van der Waals surface area contributed by atoms with Crippen molar-refractivity contribution in [2.75, 3.05) is 29.9 Å². The molecule has 0 unspecified atom stereocenters. The Morgan fingerprint density at radius 1 is 1.24 bits per heavy atom. The number of nitrogens with one attached hydrogen (secondary N) is 1. The topological polar surface area (TPSA) is 67.3 Å². The number of nitrogens with zero attached hydrogens (tertiary/aromatic N) is 3. The molecule has 3 rings (SSSR count). The minimum absolute atomic E-state index is 0.139. The fourth-order valence-electron chi connectivity index (χ4n) is 2.70. The lowest BCUT2D eigenvalue weighted by Crippen LogP contribution is -2.23. The van der Waals surface area contributed by atoms with E-state index in [4.69, 9.17) is 16.3 Å². The fourth-order valence-corrected chi connectivity index (χ4v) is 2.99. The van der Waals surface area contributed by atoms with Crippen LogP contribution in [0.5, 0.6) is 5.88 Å². The Labute approximate surface area is 152 Å². The first-order chi connectivity index (χ1) is 12.0. The zero-order valence-corrected chi connectivity index (χ0v) is 15.1. The van der Waals surface area contributed by atoms with Gasteiger partial charge in [-0.15, -0.1) is 0 Å². The van der Waals surface area contributed by atoms with E-state index in [-0.39, 0.29) is 12.5 Å². The van der Waals surface area contributed by atoms with Crippen molar-refractivity contribution in [1.29, 1.82) is 0 Å². The van der Waals surface area contributed by atoms with Gasteiger partial charge < -0.3 is 15.0 Å². The first kappa shape index (κ1) is 17.5. The number of amides is 1. The van der Waals surface area contributed by atoms with Crippen LogP contribution in [0, 0.1) is 13.8 Å². The normalized spacial score (nSPS) is 13.8. The zero-order valence-electron chi connectivity index (χ0n) is 14.4. The molecule has 1 aliphatic rings. The molecule has 6 nitrogen and oxygen atoms in total. The summed E-state index contributed by atoms with van der Waals surface area (Å²) < 4.78 is 5.55. The van der Waals surface area contributed by atoms with Gasteiger partial charge in [-0.1, -0.05) is 17.7 Å². The molecule has 132 valence electrons. The summed E-state index contributed by atoms with van der Waals surface area (Å²) in [4.78, 5) is 23.1. The molecule has 2 heterocycles. The molecule has 25 heavy (non-hydrogen) atoms. The summed E-state index contributed by atoms with van der Waals surface area (Å²) in [6.45, 7) is 5.60. The van der Waals surface area contributed by atoms with E-state index in [2.05, 4.69) is 20.2 Å². The molecular weight excluding hydrogens is 340 g/mol.